The number of nitrogen functional groups attached to an aromatic ring is 1. The lowest BCUT2D eigenvalue weighted by Crippen LogP contribution is -2.30. The van der Waals surface area contributed by atoms with Crippen molar-refractivity contribution in [3.63, 3.8) is 0 Å². The first-order chi connectivity index (χ1) is 8.96. The Morgan fingerprint density at radius 2 is 2.11 bits per heavy atom. The van der Waals surface area contributed by atoms with Gasteiger partial charge in [-0.1, -0.05) is 12.1 Å². The summed E-state index contributed by atoms with van der Waals surface area (Å²) >= 11 is 0. The van der Waals surface area contributed by atoms with Gasteiger partial charge >= 0.3 is 0 Å². The summed E-state index contributed by atoms with van der Waals surface area (Å²) in [6.07, 6.45) is 4.00. The lowest BCUT2D eigenvalue weighted by Gasteiger charge is -2.24. The van der Waals surface area contributed by atoms with Crippen LogP contribution in [0.1, 0.15) is 18.1 Å². The summed E-state index contributed by atoms with van der Waals surface area (Å²) in [5.74, 6) is -0.297. The van der Waals surface area contributed by atoms with Crippen molar-refractivity contribution in [2.24, 2.45) is 0 Å². The predicted octanol–water partition coefficient (Wildman–Crippen LogP) is 2.34. The number of anilines is 1. The molecule has 4 heteroatoms. The Hall–Kier alpha value is -1.94. The molecule has 0 fully saturated rings. The molecule has 100 valence electrons. The Balaban J connectivity index is 2.13. The van der Waals surface area contributed by atoms with Gasteiger partial charge in [0.25, 0.3) is 0 Å². The molecule has 2 aromatic rings. The van der Waals surface area contributed by atoms with E-state index in [0.717, 1.165) is 11.1 Å². The maximum Gasteiger partial charge on any atom is 0.123 e. The molecule has 0 spiro atoms. The molecule has 1 aromatic heterocycles. The highest BCUT2D eigenvalue weighted by Crippen LogP contribution is 2.21. The zero-order chi connectivity index (χ0) is 13.9. The van der Waals surface area contributed by atoms with Crippen LogP contribution in [0.3, 0.4) is 0 Å². The van der Waals surface area contributed by atoms with E-state index in [-0.39, 0.29) is 5.82 Å². The minimum Gasteiger partial charge on any atom is -0.398 e. The summed E-state index contributed by atoms with van der Waals surface area (Å²) in [7, 11) is 0. The van der Waals surface area contributed by atoms with E-state index in [4.69, 9.17) is 5.73 Å². The summed E-state index contributed by atoms with van der Waals surface area (Å²) < 4.78 is 13.1. The van der Waals surface area contributed by atoms with Gasteiger partial charge in [0, 0.05) is 30.9 Å². The van der Waals surface area contributed by atoms with E-state index in [1.807, 2.05) is 0 Å². The maximum atomic E-state index is 13.1. The Bertz CT molecular complexity index is 570. The fraction of sp³-hybridized carbons (Fsp3) is 0.267. The van der Waals surface area contributed by atoms with Crippen molar-refractivity contribution < 1.29 is 9.50 Å². The largest absolute Gasteiger partial charge is 0.398 e. The van der Waals surface area contributed by atoms with Gasteiger partial charge in [0.1, 0.15) is 5.82 Å². The molecule has 1 aromatic carbocycles. The summed E-state index contributed by atoms with van der Waals surface area (Å²) in [5.41, 5.74) is 7.00. The van der Waals surface area contributed by atoms with Crippen LogP contribution in [0.15, 0.2) is 42.7 Å². The molecular formula is C15H17FN2O. The second-order valence-corrected chi connectivity index (χ2v) is 5.05. The molecule has 3 nitrogen and oxygen atoms in total. The number of aromatic nitrogens is 1. The van der Waals surface area contributed by atoms with Crippen molar-refractivity contribution in [2.45, 2.75) is 25.4 Å². The Morgan fingerprint density at radius 1 is 1.32 bits per heavy atom. The lowest BCUT2D eigenvalue weighted by molar-refractivity contribution is 0.0608. The van der Waals surface area contributed by atoms with Crippen molar-refractivity contribution in [3.05, 3.63) is 59.7 Å². The van der Waals surface area contributed by atoms with E-state index in [1.165, 1.54) is 12.1 Å². The van der Waals surface area contributed by atoms with Gasteiger partial charge in [-0.3, -0.25) is 4.98 Å². The van der Waals surface area contributed by atoms with Gasteiger partial charge in [-0.05, 0) is 36.2 Å². The number of benzene rings is 1. The van der Waals surface area contributed by atoms with Gasteiger partial charge in [0.05, 0.1) is 5.60 Å². The highest BCUT2D eigenvalue weighted by Gasteiger charge is 2.22. The first-order valence-corrected chi connectivity index (χ1v) is 6.11. The summed E-state index contributed by atoms with van der Waals surface area (Å²) in [6.45, 7) is 1.71. The lowest BCUT2D eigenvalue weighted by atomic mass is 9.90. The van der Waals surface area contributed by atoms with E-state index in [9.17, 15) is 9.50 Å². The summed E-state index contributed by atoms with van der Waals surface area (Å²) in [6, 6.07) is 7.95. The third-order valence-electron chi connectivity index (χ3n) is 2.99. The predicted molar refractivity (Wildman–Crippen MR) is 73.1 cm³/mol. The van der Waals surface area contributed by atoms with Crippen molar-refractivity contribution in [2.75, 3.05) is 5.73 Å². The van der Waals surface area contributed by atoms with E-state index < -0.39 is 5.60 Å². The first kappa shape index (κ1) is 13.5. The number of nitrogens with two attached hydrogens (primary N) is 1. The number of rotatable bonds is 4. The molecule has 1 heterocycles. The quantitative estimate of drug-likeness (QED) is 0.887. The number of aliphatic hydroxyl groups is 1. The third-order valence-corrected chi connectivity index (χ3v) is 2.99. The average Bonchev–Trinajstić information content (AvgIpc) is 2.31. The molecule has 0 radical (unpaired) electrons. The van der Waals surface area contributed by atoms with Gasteiger partial charge in [-0.15, -0.1) is 0 Å². The highest BCUT2D eigenvalue weighted by atomic mass is 19.1. The van der Waals surface area contributed by atoms with Gasteiger partial charge < -0.3 is 10.8 Å². The minimum atomic E-state index is -0.995. The van der Waals surface area contributed by atoms with Crippen LogP contribution in [0, 0.1) is 5.82 Å². The molecule has 0 aliphatic heterocycles. The maximum absolute atomic E-state index is 13.1. The Labute approximate surface area is 111 Å². The molecule has 1 unspecified atom stereocenters. The van der Waals surface area contributed by atoms with Crippen LogP contribution in [0.5, 0.6) is 0 Å². The zero-order valence-corrected chi connectivity index (χ0v) is 10.8. The Morgan fingerprint density at radius 3 is 2.79 bits per heavy atom. The van der Waals surface area contributed by atoms with Gasteiger partial charge in [0.2, 0.25) is 0 Å². The van der Waals surface area contributed by atoms with Crippen LogP contribution >= 0.6 is 0 Å². The molecular weight excluding hydrogens is 243 g/mol. The average molecular weight is 260 g/mol. The molecule has 0 bridgehead atoms. The number of pyridine rings is 1. The third kappa shape index (κ3) is 3.76. The monoisotopic (exact) mass is 260 g/mol. The molecule has 0 saturated heterocycles. The highest BCUT2D eigenvalue weighted by molar-refractivity contribution is 5.45. The smallest absolute Gasteiger partial charge is 0.123 e. The fourth-order valence-corrected chi connectivity index (χ4v) is 2.15. The standard InChI is InChI=1S/C15H17FN2O/c1-15(19,8-11-3-2-4-13(16)7-11)9-12-10-18-6-5-14(12)17/h2-7,10,19H,8-9H2,1H3,(H2,17,18). The van der Waals surface area contributed by atoms with Crippen LogP contribution < -0.4 is 5.73 Å². The van der Waals surface area contributed by atoms with Crippen molar-refractivity contribution >= 4 is 5.69 Å². The molecule has 0 aliphatic rings. The second-order valence-electron chi connectivity index (χ2n) is 5.05. The molecule has 3 N–H and O–H groups in total. The van der Waals surface area contributed by atoms with E-state index >= 15 is 0 Å². The first-order valence-electron chi connectivity index (χ1n) is 6.11. The topological polar surface area (TPSA) is 59.1 Å². The van der Waals surface area contributed by atoms with Crippen molar-refractivity contribution in [3.8, 4) is 0 Å². The summed E-state index contributed by atoms with van der Waals surface area (Å²) in [5, 5.41) is 10.4. The van der Waals surface area contributed by atoms with E-state index in [1.54, 1.807) is 37.5 Å². The molecule has 0 saturated carbocycles. The molecule has 0 aliphatic carbocycles. The summed E-state index contributed by atoms with van der Waals surface area (Å²) in [4.78, 5) is 4.00. The van der Waals surface area contributed by atoms with Crippen molar-refractivity contribution in [1.82, 2.24) is 4.98 Å². The number of halogens is 1. The zero-order valence-electron chi connectivity index (χ0n) is 10.8. The van der Waals surface area contributed by atoms with Gasteiger partial charge in [-0.2, -0.15) is 0 Å². The minimum absolute atomic E-state index is 0.297. The van der Waals surface area contributed by atoms with Crippen LogP contribution in [0.25, 0.3) is 0 Å². The second kappa shape index (κ2) is 5.36. The fourth-order valence-electron chi connectivity index (χ4n) is 2.15. The number of nitrogens with zero attached hydrogens (tertiary/aromatic N) is 1. The van der Waals surface area contributed by atoms with Crippen molar-refractivity contribution in [1.29, 1.82) is 0 Å². The normalized spacial score (nSPS) is 14.1. The van der Waals surface area contributed by atoms with Gasteiger partial charge in [-0.25, -0.2) is 4.39 Å². The van der Waals surface area contributed by atoms with Crippen LogP contribution in [0.4, 0.5) is 10.1 Å². The number of hydrogen-bond acceptors (Lipinski definition) is 3. The molecule has 2 rings (SSSR count). The van der Waals surface area contributed by atoms with Crippen LogP contribution in [0.2, 0.25) is 0 Å². The molecule has 0 amide bonds. The van der Waals surface area contributed by atoms with E-state index in [2.05, 4.69) is 4.98 Å². The molecule has 19 heavy (non-hydrogen) atoms. The van der Waals surface area contributed by atoms with Crippen LogP contribution in [-0.2, 0) is 12.8 Å². The molecule has 1 atom stereocenters. The Kier molecular flexibility index (Phi) is 3.81. The SMILES string of the molecule is CC(O)(Cc1cccc(F)c1)Cc1cnccc1N. The van der Waals surface area contributed by atoms with E-state index in [0.29, 0.717) is 18.5 Å². The number of hydrogen-bond donors (Lipinski definition) is 2. The van der Waals surface area contributed by atoms with Crippen LogP contribution in [-0.4, -0.2) is 15.7 Å². The van der Waals surface area contributed by atoms with Gasteiger partial charge in [0.15, 0.2) is 0 Å².